The van der Waals surface area contributed by atoms with E-state index in [9.17, 15) is 4.79 Å². The molecule has 0 unspecified atom stereocenters. The summed E-state index contributed by atoms with van der Waals surface area (Å²) in [5, 5.41) is 1.01. The van der Waals surface area contributed by atoms with Crippen molar-refractivity contribution in [2.75, 3.05) is 13.7 Å². The largest absolute Gasteiger partial charge is 0.497 e. The standard InChI is InChI=1S/C25H25NO4/c1-6-26-13-17(20-11-18(28-5)7-8-21(20)26)10-23-25(27)24-16(4)9-19(12-22(24)30-23)29-14-15(2)3/h7-13H,2,6,14H2,1,3-5H3/b23-10-. The smallest absolute Gasteiger partial charge is 0.232 e. The third-order valence-electron chi connectivity index (χ3n) is 5.18. The Labute approximate surface area is 176 Å². The summed E-state index contributed by atoms with van der Waals surface area (Å²) in [5.41, 5.74) is 4.34. The van der Waals surface area contributed by atoms with Crippen LogP contribution in [0, 0.1) is 6.92 Å². The topological polar surface area (TPSA) is 49.7 Å². The second-order valence-electron chi connectivity index (χ2n) is 7.55. The summed E-state index contributed by atoms with van der Waals surface area (Å²) in [7, 11) is 1.65. The van der Waals surface area contributed by atoms with Gasteiger partial charge in [0.2, 0.25) is 5.78 Å². The molecule has 0 saturated carbocycles. The SMILES string of the molecule is C=C(C)COc1cc(C)c2c(c1)O/C(=C\c1cn(CC)c3ccc(OC)cc13)C2=O. The predicted octanol–water partition coefficient (Wildman–Crippen LogP) is 5.55. The van der Waals surface area contributed by atoms with Crippen molar-refractivity contribution < 1.29 is 19.0 Å². The van der Waals surface area contributed by atoms with Crippen LogP contribution in [0.15, 0.2) is 54.4 Å². The lowest BCUT2D eigenvalue weighted by atomic mass is 10.0. The highest BCUT2D eigenvalue weighted by Gasteiger charge is 2.30. The monoisotopic (exact) mass is 403 g/mol. The van der Waals surface area contributed by atoms with E-state index in [-0.39, 0.29) is 5.78 Å². The van der Waals surface area contributed by atoms with Crippen molar-refractivity contribution in [1.29, 1.82) is 0 Å². The minimum absolute atomic E-state index is 0.116. The summed E-state index contributed by atoms with van der Waals surface area (Å²) in [6.07, 6.45) is 3.84. The number of methoxy groups -OCH3 is 1. The molecule has 0 aliphatic carbocycles. The zero-order valence-electron chi connectivity index (χ0n) is 17.7. The van der Waals surface area contributed by atoms with E-state index in [0.29, 0.717) is 29.4 Å². The van der Waals surface area contributed by atoms with Crippen molar-refractivity contribution in [1.82, 2.24) is 4.57 Å². The van der Waals surface area contributed by atoms with E-state index < -0.39 is 0 Å². The average Bonchev–Trinajstić information content (AvgIpc) is 3.23. The number of rotatable bonds is 6. The summed E-state index contributed by atoms with van der Waals surface area (Å²) in [5.74, 6) is 2.15. The third-order valence-corrected chi connectivity index (χ3v) is 5.18. The Morgan fingerprint density at radius 1 is 1.23 bits per heavy atom. The molecule has 154 valence electrons. The number of aromatic nitrogens is 1. The van der Waals surface area contributed by atoms with E-state index in [2.05, 4.69) is 18.1 Å². The van der Waals surface area contributed by atoms with Crippen LogP contribution in [-0.4, -0.2) is 24.1 Å². The normalized spacial score (nSPS) is 14.1. The van der Waals surface area contributed by atoms with Crippen molar-refractivity contribution >= 4 is 22.8 Å². The summed E-state index contributed by atoms with van der Waals surface area (Å²) in [4.78, 5) is 13.1. The number of hydrogen-bond acceptors (Lipinski definition) is 4. The second-order valence-corrected chi connectivity index (χ2v) is 7.55. The highest BCUT2D eigenvalue weighted by Crippen LogP contribution is 2.38. The Balaban J connectivity index is 1.74. The van der Waals surface area contributed by atoms with E-state index in [4.69, 9.17) is 14.2 Å². The summed E-state index contributed by atoms with van der Waals surface area (Å²) in [6, 6.07) is 9.58. The summed E-state index contributed by atoms with van der Waals surface area (Å²) in [6.45, 7) is 11.0. The van der Waals surface area contributed by atoms with Gasteiger partial charge in [-0.05, 0) is 62.2 Å². The summed E-state index contributed by atoms with van der Waals surface area (Å²) < 4.78 is 19.2. The first-order chi connectivity index (χ1) is 14.4. The quantitative estimate of drug-likeness (QED) is 0.400. The van der Waals surface area contributed by atoms with E-state index in [0.717, 1.165) is 39.9 Å². The first-order valence-electron chi connectivity index (χ1n) is 9.94. The molecular formula is C25H25NO4. The number of aryl methyl sites for hydroxylation is 2. The van der Waals surface area contributed by atoms with Crippen LogP contribution >= 0.6 is 0 Å². The van der Waals surface area contributed by atoms with Gasteiger partial charge < -0.3 is 18.8 Å². The first-order valence-corrected chi connectivity index (χ1v) is 9.94. The molecule has 0 atom stereocenters. The first kappa shape index (κ1) is 19.8. The molecular weight excluding hydrogens is 378 g/mol. The minimum atomic E-state index is -0.116. The lowest BCUT2D eigenvalue weighted by Crippen LogP contribution is -2.00. The number of ether oxygens (including phenoxy) is 3. The molecule has 2 aromatic carbocycles. The molecule has 0 amide bonds. The van der Waals surface area contributed by atoms with Crippen molar-refractivity contribution in [3.05, 3.63) is 71.1 Å². The van der Waals surface area contributed by atoms with Gasteiger partial charge in [0.05, 0.1) is 12.7 Å². The van der Waals surface area contributed by atoms with Gasteiger partial charge in [-0.15, -0.1) is 0 Å². The van der Waals surface area contributed by atoms with E-state index in [1.165, 1.54) is 0 Å². The van der Waals surface area contributed by atoms with Crippen molar-refractivity contribution in [2.24, 2.45) is 0 Å². The lowest BCUT2D eigenvalue weighted by Gasteiger charge is -2.08. The number of Topliss-reactive ketones (excluding diaryl/α,β-unsaturated/α-hetero) is 1. The molecule has 0 bridgehead atoms. The maximum Gasteiger partial charge on any atom is 0.232 e. The van der Waals surface area contributed by atoms with Crippen LogP contribution in [0.25, 0.3) is 17.0 Å². The molecule has 0 N–H and O–H groups in total. The number of nitrogens with zero attached hydrogens (tertiary/aromatic N) is 1. The van der Waals surface area contributed by atoms with Gasteiger partial charge in [0.15, 0.2) is 5.76 Å². The molecule has 30 heavy (non-hydrogen) atoms. The number of hydrogen-bond donors (Lipinski definition) is 0. The molecule has 2 heterocycles. The number of carbonyl (C=O) groups excluding carboxylic acids is 1. The van der Waals surface area contributed by atoms with Crippen molar-refractivity contribution in [3.8, 4) is 17.2 Å². The summed E-state index contributed by atoms with van der Waals surface area (Å²) >= 11 is 0. The number of benzene rings is 2. The van der Waals surface area contributed by atoms with E-state index in [1.807, 2.05) is 50.4 Å². The van der Waals surface area contributed by atoms with Crippen LogP contribution in [0.1, 0.15) is 35.3 Å². The maximum absolute atomic E-state index is 13.1. The van der Waals surface area contributed by atoms with Crippen molar-refractivity contribution in [2.45, 2.75) is 27.3 Å². The Kier molecular flexibility index (Phi) is 5.12. The highest BCUT2D eigenvalue weighted by molar-refractivity contribution is 6.16. The van der Waals surface area contributed by atoms with Crippen LogP contribution in [0.3, 0.4) is 0 Å². The molecule has 0 spiro atoms. The van der Waals surface area contributed by atoms with Gasteiger partial charge in [-0.3, -0.25) is 4.79 Å². The van der Waals surface area contributed by atoms with E-state index >= 15 is 0 Å². The molecule has 3 aromatic rings. The van der Waals surface area contributed by atoms with Gasteiger partial charge in [0, 0.05) is 35.3 Å². The van der Waals surface area contributed by atoms with Gasteiger partial charge in [0.1, 0.15) is 23.9 Å². The van der Waals surface area contributed by atoms with Crippen LogP contribution < -0.4 is 14.2 Å². The number of fused-ring (bicyclic) bond motifs is 2. The zero-order chi connectivity index (χ0) is 21.4. The molecule has 0 radical (unpaired) electrons. The molecule has 0 fully saturated rings. The molecule has 1 aliphatic rings. The minimum Gasteiger partial charge on any atom is -0.497 e. The van der Waals surface area contributed by atoms with E-state index in [1.54, 1.807) is 13.2 Å². The molecule has 0 saturated heterocycles. The molecule has 4 rings (SSSR count). The molecule has 1 aromatic heterocycles. The molecule has 5 heteroatoms. The second kappa shape index (κ2) is 7.75. The fourth-order valence-corrected chi connectivity index (χ4v) is 3.72. The van der Waals surface area contributed by atoms with Crippen LogP contribution in [0.5, 0.6) is 17.2 Å². The maximum atomic E-state index is 13.1. The fraction of sp³-hybridized carbons (Fsp3) is 0.240. The number of ketones is 1. The van der Waals surface area contributed by atoms with Gasteiger partial charge in [-0.1, -0.05) is 6.58 Å². The number of carbonyl (C=O) groups is 1. The Bertz CT molecular complexity index is 1200. The zero-order valence-corrected chi connectivity index (χ0v) is 17.7. The van der Waals surface area contributed by atoms with Gasteiger partial charge in [-0.25, -0.2) is 0 Å². The van der Waals surface area contributed by atoms with Crippen LogP contribution in [0.4, 0.5) is 0 Å². The van der Waals surface area contributed by atoms with Crippen LogP contribution in [-0.2, 0) is 6.54 Å². The Morgan fingerprint density at radius 2 is 2.03 bits per heavy atom. The van der Waals surface area contributed by atoms with Gasteiger partial charge >= 0.3 is 0 Å². The van der Waals surface area contributed by atoms with Gasteiger partial charge in [-0.2, -0.15) is 0 Å². The molecule has 1 aliphatic heterocycles. The third kappa shape index (κ3) is 3.47. The van der Waals surface area contributed by atoms with Gasteiger partial charge in [0.25, 0.3) is 0 Å². The fourth-order valence-electron chi connectivity index (χ4n) is 3.72. The average molecular weight is 403 g/mol. The Morgan fingerprint density at radius 3 is 2.73 bits per heavy atom. The van der Waals surface area contributed by atoms with Crippen molar-refractivity contribution in [3.63, 3.8) is 0 Å². The molecule has 5 nitrogen and oxygen atoms in total. The van der Waals surface area contributed by atoms with Crippen LogP contribution in [0.2, 0.25) is 0 Å². The lowest BCUT2D eigenvalue weighted by molar-refractivity contribution is 0.101. The predicted molar refractivity (Wildman–Crippen MR) is 119 cm³/mol. The number of allylic oxidation sites excluding steroid dienone is 1. The Hall–Kier alpha value is -3.47. The highest BCUT2D eigenvalue weighted by atomic mass is 16.5.